The molecule has 1 aromatic rings. The Morgan fingerprint density at radius 1 is 1.33 bits per heavy atom. The third-order valence-corrected chi connectivity index (χ3v) is 5.47. The molecule has 0 aliphatic heterocycles. The van der Waals surface area contributed by atoms with Crippen LogP contribution in [-0.2, 0) is 6.54 Å². The van der Waals surface area contributed by atoms with Crippen LogP contribution < -0.4 is 5.32 Å². The van der Waals surface area contributed by atoms with Crippen LogP contribution in [0.25, 0.3) is 0 Å². The number of rotatable bonds is 6. The average molecular weight is 308 g/mol. The van der Waals surface area contributed by atoms with Gasteiger partial charge in [0.2, 0.25) is 0 Å². The summed E-state index contributed by atoms with van der Waals surface area (Å²) in [5.74, 6) is 3.82. The predicted molar refractivity (Wildman–Crippen MR) is 88.7 cm³/mol. The Hall–Kier alpha value is -0.800. The van der Waals surface area contributed by atoms with Crippen LogP contribution in [0.3, 0.4) is 0 Å². The maximum atomic E-state index is 6.30. The van der Waals surface area contributed by atoms with Gasteiger partial charge in [-0.05, 0) is 63.1 Å². The standard InChI is InChI=1S/C17H26ClN3/c1-3-19-17-7-6-15(18)16(20-17)11-21(2)10-14-9-12-4-5-13(14)8-12/h6-7,12-14H,3-5,8-11H2,1-2H3,(H,19,20). The summed E-state index contributed by atoms with van der Waals surface area (Å²) in [6, 6.07) is 3.90. The van der Waals surface area contributed by atoms with Gasteiger partial charge in [-0.15, -0.1) is 0 Å². The van der Waals surface area contributed by atoms with Crippen LogP contribution in [-0.4, -0.2) is 30.0 Å². The molecule has 3 atom stereocenters. The number of hydrogen-bond acceptors (Lipinski definition) is 3. The molecule has 21 heavy (non-hydrogen) atoms. The van der Waals surface area contributed by atoms with E-state index >= 15 is 0 Å². The van der Waals surface area contributed by atoms with Crippen molar-refractivity contribution in [3.8, 4) is 0 Å². The Morgan fingerprint density at radius 2 is 2.19 bits per heavy atom. The molecule has 3 rings (SSSR count). The first-order valence-electron chi connectivity index (χ1n) is 8.23. The van der Waals surface area contributed by atoms with E-state index in [1.165, 1.54) is 32.2 Å². The molecular formula is C17H26ClN3. The van der Waals surface area contributed by atoms with Gasteiger partial charge in [0, 0.05) is 19.6 Å². The monoisotopic (exact) mass is 307 g/mol. The van der Waals surface area contributed by atoms with Gasteiger partial charge in [-0.1, -0.05) is 18.0 Å². The summed E-state index contributed by atoms with van der Waals surface area (Å²) in [6.45, 7) is 4.99. The molecule has 2 saturated carbocycles. The zero-order valence-corrected chi connectivity index (χ0v) is 13.9. The summed E-state index contributed by atoms with van der Waals surface area (Å²) in [5, 5.41) is 4.03. The summed E-state index contributed by atoms with van der Waals surface area (Å²) in [7, 11) is 2.20. The predicted octanol–water partition coefficient (Wildman–Crippen LogP) is 4.03. The highest BCUT2D eigenvalue weighted by atomic mass is 35.5. The van der Waals surface area contributed by atoms with Gasteiger partial charge in [0.05, 0.1) is 10.7 Å². The number of hydrogen-bond donors (Lipinski definition) is 1. The minimum absolute atomic E-state index is 0.774. The molecule has 0 saturated heterocycles. The van der Waals surface area contributed by atoms with Crippen molar-refractivity contribution >= 4 is 17.4 Å². The Bertz CT molecular complexity index is 491. The van der Waals surface area contributed by atoms with Crippen molar-refractivity contribution in [3.05, 3.63) is 22.8 Å². The van der Waals surface area contributed by atoms with Crippen LogP contribution in [0.5, 0.6) is 0 Å². The molecule has 0 amide bonds. The van der Waals surface area contributed by atoms with E-state index in [1.807, 2.05) is 12.1 Å². The first-order valence-corrected chi connectivity index (χ1v) is 8.61. The number of pyridine rings is 1. The fourth-order valence-corrected chi connectivity index (χ4v) is 4.36. The van der Waals surface area contributed by atoms with Gasteiger partial charge in [0.25, 0.3) is 0 Å². The molecule has 0 aromatic carbocycles. The molecule has 2 fully saturated rings. The van der Waals surface area contributed by atoms with Crippen molar-refractivity contribution in [2.24, 2.45) is 17.8 Å². The second kappa shape index (κ2) is 6.53. The lowest BCUT2D eigenvalue weighted by Gasteiger charge is -2.27. The van der Waals surface area contributed by atoms with Crippen molar-refractivity contribution in [2.75, 3.05) is 25.5 Å². The van der Waals surface area contributed by atoms with Gasteiger partial charge in [-0.2, -0.15) is 0 Å². The minimum Gasteiger partial charge on any atom is -0.370 e. The third-order valence-electron chi connectivity index (χ3n) is 5.13. The second-order valence-corrected chi connectivity index (χ2v) is 7.19. The normalized spacial score (nSPS) is 27.5. The smallest absolute Gasteiger partial charge is 0.126 e. The van der Waals surface area contributed by atoms with E-state index in [-0.39, 0.29) is 0 Å². The highest BCUT2D eigenvalue weighted by molar-refractivity contribution is 6.31. The SMILES string of the molecule is CCNc1ccc(Cl)c(CN(C)CC2CC3CCC2C3)n1. The van der Waals surface area contributed by atoms with Crippen molar-refractivity contribution < 1.29 is 0 Å². The van der Waals surface area contributed by atoms with Crippen molar-refractivity contribution in [3.63, 3.8) is 0 Å². The van der Waals surface area contributed by atoms with Crippen LogP contribution in [0.15, 0.2) is 12.1 Å². The number of nitrogens with zero attached hydrogens (tertiary/aromatic N) is 2. The maximum absolute atomic E-state index is 6.30. The summed E-state index contributed by atoms with van der Waals surface area (Å²) >= 11 is 6.30. The van der Waals surface area contributed by atoms with Gasteiger partial charge in [-0.3, -0.25) is 0 Å². The molecule has 2 aliphatic rings. The van der Waals surface area contributed by atoms with E-state index in [2.05, 4.69) is 29.2 Å². The molecule has 1 N–H and O–H groups in total. The highest BCUT2D eigenvalue weighted by Gasteiger charge is 2.39. The zero-order chi connectivity index (χ0) is 14.8. The van der Waals surface area contributed by atoms with Crippen molar-refractivity contribution in [2.45, 2.75) is 39.2 Å². The number of fused-ring (bicyclic) bond motifs is 2. The highest BCUT2D eigenvalue weighted by Crippen LogP contribution is 2.48. The molecule has 116 valence electrons. The molecular weight excluding hydrogens is 282 g/mol. The lowest BCUT2D eigenvalue weighted by molar-refractivity contribution is 0.213. The first-order chi connectivity index (χ1) is 10.2. The van der Waals surface area contributed by atoms with Gasteiger partial charge in [-0.25, -0.2) is 4.98 Å². The number of aromatic nitrogens is 1. The fourth-order valence-electron chi connectivity index (χ4n) is 4.20. The largest absolute Gasteiger partial charge is 0.370 e. The molecule has 1 aromatic heterocycles. The van der Waals surface area contributed by atoms with Gasteiger partial charge in [0.1, 0.15) is 5.82 Å². The Kier molecular flexibility index (Phi) is 4.70. The van der Waals surface area contributed by atoms with Gasteiger partial charge < -0.3 is 10.2 Å². The Labute approximate surface area is 133 Å². The van der Waals surface area contributed by atoms with Crippen LogP contribution >= 0.6 is 11.6 Å². The van der Waals surface area contributed by atoms with Crippen molar-refractivity contribution in [1.29, 1.82) is 0 Å². The van der Waals surface area contributed by atoms with E-state index in [9.17, 15) is 0 Å². The summed E-state index contributed by atoms with van der Waals surface area (Å²) in [6.07, 6.45) is 5.85. The molecule has 3 unspecified atom stereocenters. The number of halogens is 1. The molecule has 1 heterocycles. The molecule has 2 bridgehead atoms. The molecule has 2 aliphatic carbocycles. The molecule has 4 heteroatoms. The lowest BCUT2D eigenvalue weighted by Crippen LogP contribution is -2.28. The van der Waals surface area contributed by atoms with Gasteiger partial charge >= 0.3 is 0 Å². The Morgan fingerprint density at radius 3 is 2.86 bits per heavy atom. The quantitative estimate of drug-likeness (QED) is 0.860. The molecule has 0 radical (unpaired) electrons. The number of anilines is 1. The second-order valence-electron chi connectivity index (χ2n) is 6.79. The van der Waals surface area contributed by atoms with E-state index < -0.39 is 0 Å². The summed E-state index contributed by atoms with van der Waals surface area (Å²) in [5.41, 5.74) is 0.987. The van der Waals surface area contributed by atoms with E-state index in [0.29, 0.717) is 0 Å². The summed E-state index contributed by atoms with van der Waals surface area (Å²) < 4.78 is 0. The topological polar surface area (TPSA) is 28.2 Å². The maximum Gasteiger partial charge on any atom is 0.126 e. The van der Waals surface area contributed by atoms with Crippen LogP contribution in [0.1, 0.15) is 38.3 Å². The van der Waals surface area contributed by atoms with Crippen LogP contribution in [0, 0.1) is 17.8 Å². The molecule has 3 nitrogen and oxygen atoms in total. The zero-order valence-electron chi connectivity index (χ0n) is 13.1. The van der Waals surface area contributed by atoms with E-state index in [4.69, 9.17) is 11.6 Å². The first kappa shape index (κ1) is 15.1. The number of nitrogens with one attached hydrogen (secondary N) is 1. The average Bonchev–Trinajstić information content (AvgIpc) is 3.05. The van der Waals surface area contributed by atoms with Crippen molar-refractivity contribution in [1.82, 2.24) is 9.88 Å². The minimum atomic E-state index is 0.774. The van der Waals surface area contributed by atoms with Gasteiger partial charge in [0.15, 0.2) is 0 Å². The summed E-state index contributed by atoms with van der Waals surface area (Å²) in [4.78, 5) is 7.04. The van der Waals surface area contributed by atoms with Crippen LogP contribution in [0.2, 0.25) is 5.02 Å². The lowest BCUT2D eigenvalue weighted by atomic mass is 9.88. The molecule has 0 spiro atoms. The fraction of sp³-hybridized carbons (Fsp3) is 0.706. The third kappa shape index (κ3) is 3.51. The van der Waals surface area contributed by atoms with E-state index in [0.717, 1.165) is 47.4 Å². The van der Waals surface area contributed by atoms with E-state index in [1.54, 1.807) is 0 Å². The van der Waals surface area contributed by atoms with Crippen LogP contribution in [0.4, 0.5) is 5.82 Å². The Balaban J connectivity index is 1.59.